The summed E-state index contributed by atoms with van der Waals surface area (Å²) in [6.07, 6.45) is 3.74. The number of aromatic nitrogens is 2. The van der Waals surface area contributed by atoms with Crippen molar-refractivity contribution in [3.8, 4) is 0 Å². The van der Waals surface area contributed by atoms with E-state index in [0.717, 1.165) is 12.2 Å². The molecule has 0 aliphatic carbocycles. The molecule has 0 fully saturated rings. The molecule has 0 aliphatic heterocycles. The van der Waals surface area contributed by atoms with Gasteiger partial charge in [-0.25, -0.2) is 4.98 Å². The molecule has 0 amide bonds. The van der Waals surface area contributed by atoms with E-state index in [1.54, 1.807) is 0 Å². The smallest absolute Gasteiger partial charge is 0.0948 e. The summed E-state index contributed by atoms with van der Waals surface area (Å²) in [7, 11) is 0. The van der Waals surface area contributed by atoms with Gasteiger partial charge in [-0.1, -0.05) is 27.7 Å². The van der Waals surface area contributed by atoms with Crippen LogP contribution in [0.5, 0.6) is 0 Å². The van der Waals surface area contributed by atoms with Gasteiger partial charge in [0.05, 0.1) is 12.0 Å². The molecular formula is C12H23N3. The van der Waals surface area contributed by atoms with E-state index < -0.39 is 0 Å². The van der Waals surface area contributed by atoms with Crippen molar-refractivity contribution in [1.29, 1.82) is 0 Å². The van der Waals surface area contributed by atoms with Crippen LogP contribution in [0.4, 0.5) is 0 Å². The number of rotatable bonds is 3. The largest absolute Gasteiger partial charge is 0.333 e. The van der Waals surface area contributed by atoms with E-state index in [0.29, 0.717) is 11.3 Å². The van der Waals surface area contributed by atoms with Crippen LogP contribution in [0.2, 0.25) is 0 Å². The molecule has 1 aromatic rings. The lowest BCUT2D eigenvalue weighted by atomic mass is 9.82. The second-order valence-electron chi connectivity index (χ2n) is 5.53. The van der Waals surface area contributed by atoms with Crippen LogP contribution in [-0.2, 0) is 6.54 Å². The van der Waals surface area contributed by atoms with Crippen LogP contribution in [0.1, 0.15) is 46.4 Å². The first-order chi connectivity index (χ1) is 6.82. The third-order valence-corrected chi connectivity index (χ3v) is 3.16. The number of nitrogens with two attached hydrogens (primary N) is 1. The molecule has 0 saturated heterocycles. The molecule has 2 N–H and O–H groups in total. The molecule has 2 unspecified atom stereocenters. The number of hydrogen-bond donors (Lipinski definition) is 1. The molecule has 0 spiro atoms. The topological polar surface area (TPSA) is 43.8 Å². The highest BCUT2D eigenvalue weighted by molar-refractivity contribution is 5.03. The van der Waals surface area contributed by atoms with Crippen LogP contribution in [-0.4, -0.2) is 9.55 Å². The van der Waals surface area contributed by atoms with Crippen LogP contribution in [0.25, 0.3) is 0 Å². The second kappa shape index (κ2) is 4.35. The maximum Gasteiger partial charge on any atom is 0.0948 e. The molecule has 0 aromatic carbocycles. The summed E-state index contributed by atoms with van der Waals surface area (Å²) in [5, 5.41) is 0. The molecule has 3 heteroatoms. The molecule has 0 bridgehead atoms. The van der Waals surface area contributed by atoms with E-state index in [1.165, 1.54) is 0 Å². The van der Waals surface area contributed by atoms with E-state index in [4.69, 9.17) is 5.73 Å². The highest BCUT2D eigenvalue weighted by atomic mass is 15.1. The maximum absolute atomic E-state index is 5.88. The predicted octanol–water partition coefficient (Wildman–Crippen LogP) is 2.59. The number of imidazole rings is 1. The fraction of sp³-hybridized carbons (Fsp3) is 0.750. The Morgan fingerprint density at radius 1 is 1.40 bits per heavy atom. The maximum atomic E-state index is 5.88. The predicted molar refractivity (Wildman–Crippen MR) is 63.4 cm³/mol. The van der Waals surface area contributed by atoms with Crippen molar-refractivity contribution in [3.63, 3.8) is 0 Å². The normalized spacial score (nSPS) is 16.4. The molecule has 1 aromatic heterocycles. The standard InChI is InChI=1S/C12H23N3/c1-9(12(3,4)5)7-15-8-14-6-11(15)10(2)13/h6,8-10H,7,13H2,1-5H3. The lowest BCUT2D eigenvalue weighted by Crippen LogP contribution is -2.24. The zero-order valence-corrected chi connectivity index (χ0v) is 10.5. The average molecular weight is 209 g/mol. The van der Waals surface area contributed by atoms with E-state index in [2.05, 4.69) is 37.2 Å². The summed E-state index contributed by atoms with van der Waals surface area (Å²) < 4.78 is 2.17. The quantitative estimate of drug-likeness (QED) is 0.831. The molecular weight excluding hydrogens is 186 g/mol. The lowest BCUT2D eigenvalue weighted by molar-refractivity contribution is 0.230. The molecule has 15 heavy (non-hydrogen) atoms. The first kappa shape index (κ1) is 12.2. The lowest BCUT2D eigenvalue weighted by Gasteiger charge is -2.28. The number of hydrogen-bond acceptors (Lipinski definition) is 2. The Labute approximate surface area is 92.7 Å². The Morgan fingerprint density at radius 3 is 2.47 bits per heavy atom. The van der Waals surface area contributed by atoms with Crippen molar-refractivity contribution in [2.75, 3.05) is 0 Å². The molecule has 3 nitrogen and oxygen atoms in total. The minimum atomic E-state index is 0.0552. The van der Waals surface area contributed by atoms with Gasteiger partial charge in [0.25, 0.3) is 0 Å². The molecule has 0 radical (unpaired) electrons. The van der Waals surface area contributed by atoms with Gasteiger partial charge in [0.2, 0.25) is 0 Å². The van der Waals surface area contributed by atoms with Crippen molar-refractivity contribution in [3.05, 3.63) is 18.2 Å². The Bertz CT molecular complexity index is 307. The van der Waals surface area contributed by atoms with Crippen LogP contribution < -0.4 is 5.73 Å². The molecule has 0 aliphatic rings. The summed E-state index contributed by atoms with van der Waals surface area (Å²) in [5.41, 5.74) is 7.32. The molecule has 2 atom stereocenters. The Balaban J connectivity index is 2.77. The van der Waals surface area contributed by atoms with Crippen molar-refractivity contribution >= 4 is 0 Å². The summed E-state index contributed by atoms with van der Waals surface area (Å²) in [6.45, 7) is 12.0. The van der Waals surface area contributed by atoms with E-state index >= 15 is 0 Å². The minimum Gasteiger partial charge on any atom is -0.333 e. The zero-order chi connectivity index (χ0) is 11.6. The van der Waals surface area contributed by atoms with Gasteiger partial charge in [0.15, 0.2) is 0 Å². The van der Waals surface area contributed by atoms with Gasteiger partial charge >= 0.3 is 0 Å². The van der Waals surface area contributed by atoms with Crippen LogP contribution in [0, 0.1) is 11.3 Å². The molecule has 86 valence electrons. The second-order valence-corrected chi connectivity index (χ2v) is 5.53. The van der Waals surface area contributed by atoms with Gasteiger partial charge in [0.1, 0.15) is 0 Å². The fourth-order valence-electron chi connectivity index (χ4n) is 1.43. The third kappa shape index (κ3) is 3.06. The van der Waals surface area contributed by atoms with E-state index in [1.807, 2.05) is 19.4 Å². The Morgan fingerprint density at radius 2 is 2.00 bits per heavy atom. The van der Waals surface area contributed by atoms with Crippen molar-refractivity contribution in [2.45, 2.75) is 47.2 Å². The van der Waals surface area contributed by atoms with Crippen LogP contribution >= 0.6 is 0 Å². The summed E-state index contributed by atoms with van der Waals surface area (Å²) in [4.78, 5) is 4.16. The summed E-state index contributed by atoms with van der Waals surface area (Å²) in [6, 6.07) is 0.0552. The number of nitrogens with zero attached hydrogens (tertiary/aromatic N) is 2. The SMILES string of the molecule is CC(N)c1cncn1CC(C)C(C)(C)C. The van der Waals surface area contributed by atoms with Crippen LogP contribution in [0.3, 0.4) is 0 Å². The zero-order valence-electron chi connectivity index (χ0n) is 10.5. The molecule has 0 saturated carbocycles. The van der Waals surface area contributed by atoms with Gasteiger partial charge in [0, 0.05) is 18.8 Å². The summed E-state index contributed by atoms with van der Waals surface area (Å²) in [5.74, 6) is 0.601. The van der Waals surface area contributed by atoms with Gasteiger partial charge in [-0.05, 0) is 18.3 Å². The third-order valence-electron chi connectivity index (χ3n) is 3.16. The fourth-order valence-corrected chi connectivity index (χ4v) is 1.43. The minimum absolute atomic E-state index is 0.0552. The first-order valence-corrected chi connectivity index (χ1v) is 5.58. The van der Waals surface area contributed by atoms with E-state index in [9.17, 15) is 0 Å². The Hall–Kier alpha value is -0.830. The van der Waals surface area contributed by atoms with E-state index in [-0.39, 0.29) is 6.04 Å². The van der Waals surface area contributed by atoms with Crippen molar-refractivity contribution < 1.29 is 0 Å². The van der Waals surface area contributed by atoms with Gasteiger partial charge in [-0.15, -0.1) is 0 Å². The first-order valence-electron chi connectivity index (χ1n) is 5.58. The van der Waals surface area contributed by atoms with Gasteiger partial charge in [-0.3, -0.25) is 0 Å². The highest BCUT2D eigenvalue weighted by Gasteiger charge is 2.21. The monoisotopic (exact) mass is 209 g/mol. The van der Waals surface area contributed by atoms with Gasteiger partial charge < -0.3 is 10.3 Å². The summed E-state index contributed by atoms with van der Waals surface area (Å²) >= 11 is 0. The van der Waals surface area contributed by atoms with Crippen molar-refractivity contribution in [2.24, 2.45) is 17.1 Å². The van der Waals surface area contributed by atoms with Crippen LogP contribution in [0.15, 0.2) is 12.5 Å². The molecule has 1 heterocycles. The van der Waals surface area contributed by atoms with Gasteiger partial charge in [-0.2, -0.15) is 0 Å². The Kier molecular flexibility index (Phi) is 3.55. The average Bonchev–Trinajstić information content (AvgIpc) is 2.50. The molecule has 1 rings (SSSR count). The van der Waals surface area contributed by atoms with Crippen molar-refractivity contribution in [1.82, 2.24) is 9.55 Å². The highest BCUT2D eigenvalue weighted by Crippen LogP contribution is 2.27.